The Morgan fingerprint density at radius 2 is 1.79 bits per heavy atom. The minimum Gasteiger partial charge on any atom is -0.364 e. The highest BCUT2D eigenvalue weighted by Gasteiger charge is 2.24. The smallest absolute Gasteiger partial charge is 0.282 e. The van der Waals surface area contributed by atoms with E-state index in [9.17, 15) is 9.59 Å². The molecular weight excluding hydrogens is 438 g/mol. The number of amides is 1. The van der Waals surface area contributed by atoms with Crippen molar-refractivity contribution in [2.45, 2.75) is 6.92 Å². The van der Waals surface area contributed by atoms with Crippen molar-refractivity contribution in [3.63, 3.8) is 0 Å². The molecule has 1 N–H and O–H groups in total. The zero-order valence-electron chi connectivity index (χ0n) is 18.5. The van der Waals surface area contributed by atoms with Crippen LogP contribution in [0.3, 0.4) is 0 Å². The molecule has 0 aromatic heterocycles. The fraction of sp³-hybridized carbons (Fsp3) is 0.240. The molecule has 1 amide bonds. The molecule has 0 spiro atoms. The first kappa shape index (κ1) is 21.4. The van der Waals surface area contributed by atoms with Gasteiger partial charge < -0.3 is 14.8 Å². The molecule has 0 bridgehead atoms. The number of hydrogen-bond acceptors (Lipinski definition) is 4. The van der Waals surface area contributed by atoms with Crippen LogP contribution in [0.15, 0.2) is 59.5 Å². The maximum Gasteiger partial charge on any atom is 0.282 e. The molecule has 33 heavy (non-hydrogen) atoms. The maximum absolute atomic E-state index is 13.1. The normalized spacial score (nSPS) is 14.7. The van der Waals surface area contributed by atoms with Crippen molar-refractivity contribution in [1.29, 1.82) is 0 Å². The number of H-pyrrole nitrogens is 1. The second-order valence-corrected chi connectivity index (χ2v) is 8.86. The molecule has 0 saturated carbocycles. The Labute approximate surface area is 196 Å². The average molecular weight is 462 g/mol. The topological polar surface area (TPSA) is 74.2 Å². The first-order valence-electron chi connectivity index (χ1n) is 10.9. The van der Waals surface area contributed by atoms with Crippen molar-refractivity contribution in [2.24, 2.45) is 0 Å². The van der Waals surface area contributed by atoms with Crippen molar-refractivity contribution in [1.82, 2.24) is 24.6 Å². The van der Waals surface area contributed by atoms with E-state index >= 15 is 0 Å². The molecule has 0 aliphatic carbocycles. The lowest BCUT2D eigenvalue weighted by Gasteiger charge is -2.32. The van der Waals surface area contributed by atoms with Crippen molar-refractivity contribution in [2.75, 3.05) is 33.2 Å². The molecule has 5 rings (SSSR count). The van der Waals surface area contributed by atoms with E-state index in [0.29, 0.717) is 40.6 Å². The van der Waals surface area contributed by atoms with E-state index in [1.807, 2.05) is 36.1 Å². The number of aryl methyl sites for hydroxylation is 1. The Morgan fingerprint density at radius 1 is 1.06 bits per heavy atom. The van der Waals surface area contributed by atoms with Crippen LogP contribution in [0.5, 0.6) is 0 Å². The summed E-state index contributed by atoms with van der Waals surface area (Å²) in [7, 11) is 2.07. The van der Waals surface area contributed by atoms with Gasteiger partial charge in [-0.05, 0) is 55.9 Å². The highest BCUT2D eigenvalue weighted by atomic mass is 35.5. The summed E-state index contributed by atoms with van der Waals surface area (Å²) in [5.74, 6) is 0.0231. The summed E-state index contributed by atoms with van der Waals surface area (Å²) in [6.07, 6.45) is 1.69. The van der Waals surface area contributed by atoms with Crippen LogP contribution in [-0.2, 0) is 0 Å². The molecule has 3 aliphatic rings. The third kappa shape index (κ3) is 3.94. The second-order valence-electron chi connectivity index (χ2n) is 8.42. The van der Waals surface area contributed by atoms with Crippen molar-refractivity contribution in [3.8, 4) is 28.1 Å². The van der Waals surface area contributed by atoms with E-state index in [2.05, 4.69) is 22.0 Å². The quantitative estimate of drug-likeness (QED) is 0.505. The zero-order valence-corrected chi connectivity index (χ0v) is 19.3. The number of fused-ring (bicyclic) bond motifs is 1. The highest BCUT2D eigenvalue weighted by Crippen LogP contribution is 2.33. The number of nitrogens with one attached hydrogen (secondary N) is 1. The first-order chi connectivity index (χ1) is 15.9. The number of piperazine rings is 1. The summed E-state index contributed by atoms with van der Waals surface area (Å²) in [6.45, 7) is 5.11. The number of carbonyl (C=O) groups is 1. The number of nitrogens with zero attached hydrogens (tertiary/aromatic N) is 4. The molecule has 0 radical (unpaired) electrons. The summed E-state index contributed by atoms with van der Waals surface area (Å²) in [5.41, 5.74) is 4.66. The Hall–Kier alpha value is -3.42. The van der Waals surface area contributed by atoms with Gasteiger partial charge in [-0.15, -0.1) is 0 Å². The number of carbonyl (C=O) groups excluding carboxylic acids is 1. The second kappa shape index (κ2) is 8.50. The Kier molecular flexibility index (Phi) is 5.52. The fourth-order valence-corrected chi connectivity index (χ4v) is 4.40. The summed E-state index contributed by atoms with van der Waals surface area (Å²) >= 11 is 6.00. The molecule has 168 valence electrons. The van der Waals surface area contributed by atoms with Gasteiger partial charge in [-0.1, -0.05) is 23.7 Å². The number of hydrogen-bond donors (Lipinski definition) is 1. The standard InChI is InChI=1S/C25H24ClN5O2/c1-16-22(17-4-3-5-18(14-17)24(32)30-12-10-29(2)11-13-30)23-21(15-27-16)25(33)31(28-23)20-8-6-19(26)7-9-20/h3-9,14-15,27H,10-13H2,1-2H3. The molecule has 1 saturated heterocycles. The minimum atomic E-state index is -0.213. The Bertz CT molecular complexity index is 1350. The van der Waals surface area contributed by atoms with Crippen LogP contribution in [0.25, 0.3) is 28.1 Å². The van der Waals surface area contributed by atoms with Crippen molar-refractivity contribution >= 4 is 17.5 Å². The van der Waals surface area contributed by atoms with Gasteiger partial charge in [0.25, 0.3) is 11.5 Å². The maximum atomic E-state index is 13.1. The van der Waals surface area contributed by atoms with Gasteiger partial charge in [0.2, 0.25) is 0 Å². The van der Waals surface area contributed by atoms with Crippen LogP contribution < -0.4 is 5.56 Å². The van der Waals surface area contributed by atoms with Gasteiger partial charge in [-0.2, -0.15) is 9.78 Å². The molecule has 8 heteroatoms. The van der Waals surface area contributed by atoms with Crippen molar-refractivity contribution < 1.29 is 4.79 Å². The summed E-state index contributed by atoms with van der Waals surface area (Å²) in [5, 5.41) is 5.25. The van der Waals surface area contributed by atoms with E-state index in [1.165, 1.54) is 4.68 Å². The van der Waals surface area contributed by atoms with Gasteiger partial charge in [0.05, 0.1) is 11.3 Å². The van der Waals surface area contributed by atoms with Crippen LogP contribution in [0.4, 0.5) is 0 Å². The van der Waals surface area contributed by atoms with Gasteiger partial charge >= 0.3 is 0 Å². The minimum absolute atomic E-state index is 0.0231. The van der Waals surface area contributed by atoms with E-state index < -0.39 is 0 Å². The Morgan fingerprint density at radius 3 is 2.52 bits per heavy atom. The number of halogens is 1. The monoisotopic (exact) mass is 461 g/mol. The van der Waals surface area contributed by atoms with E-state index in [1.54, 1.807) is 30.5 Å². The van der Waals surface area contributed by atoms with Crippen LogP contribution in [0.1, 0.15) is 16.1 Å². The van der Waals surface area contributed by atoms with Crippen LogP contribution in [0.2, 0.25) is 5.02 Å². The molecular formula is C25H24ClN5O2. The average Bonchev–Trinajstić information content (AvgIpc) is 3.16. The van der Waals surface area contributed by atoms with Gasteiger partial charge in [-0.3, -0.25) is 9.59 Å². The van der Waals surface area contributed by atoms with E-state index in [-0.39, 0.29) is 11.5 Å². The van der Waals surface area contributed by atoms with Crippen LogP contribution in [0, 0.1) is 6.92 Å². The van der Waals surface area contributed by atoms with Gasteiger partial charge in [-0.25, -0.2) is 0 Å². The number of aromatic nitrogens is 3. The molecule has 2 aromatic carbocycles. The molecule has 0 unspecified atom stereocenters. The first-order valence-corrected chi connectivity index (χ1v) is 11.3. The van der Waals surface area contributed by atoms with Crippen LogP contribution in [-0.4, -0.2) is 63.7 Å². The van der Waals surface area contributed by atoms with Gasteiger partial charge in [0.1, 0.15) is 5.69 Å². The SMILES string of the molecule is Cc1[nH]cc2c(=O)n(-c3ccc(Cl)cc3)nc-2c1-c1cccc(C(=O)N2CCN(C)CC2)c1. The number of pyridine rings is 1. The van der Waals surface area contributed by atoms with Crippen molar-refractivity contribution in [3.05, 3.63) is 81.4 Å². The number of benzene rings is 2. The molecule has 1 fully saturated rings. The fourth-order valence-electron chi connectivity index (χ4n) is 4.27. The lowest BCUT2D eigenvalue weighted by Crippen LogP contribution is -2.47. The third-order valence-electron chi connectivity index (χ3n) is 6.18. The predicted octanol–water partition coefficient (Wildman–Crippen LogP) is 3.68. The van der Waals surface area contributed by atoms with Gasteiger partial charge in [0, 0.05) is 54.2 Å². The van der Waals surface area contributed by atoms with Gasteiger partial charge in [0.15, 0.2) is 0 Å². The lowest BCUT2D eigenvalue weighted by atomic mass is 9.97. The molecule has 3 heterocycles. The lowest BCUT2D eigenvalue weighted by molar-refractivity contribution is 0.0664. The highest BCUT2D eigenvalue weighted by molar-refractivity contribution is 6.30. The van der Waals surface area contributed by atoms with Crippen LogP contribution >= 0.6 is 11.6 Å². The Balaban J connectivity index is 1.57. The largest absolute Gasteiger partial charge is 0.364 e. The van der Waals surface area contributed by atoms with E-state index in [0.717, 1.165) is 29.9 Å². The molecule has 3 aliphatic heterocycles. The zero-order chi connectivity index (χ0) is 23.1. The number of aromatic amines is 1. The molecule has 0 atom stereocenters. The predicted molar refractivity (Wildman–Crippen MR) is 129 cm³/mol. The summed E-state index contributed by atoms with van der Waals surface area (Å²) < 4.78 is 1.39. The third-order valence-corrected chi connectivity index (χ3v) is 6.43. The molecule has 2 aromatic rings. The van der Waals surface area contributed by atoms with E-state index in [4.69, 9.17) is 11.6 Å². The number of likely N-dealkylation sites (N-methyl/N-ethyl adjacent to an activating group) is 1. The molecule has 7 nitrogen and oxygen atoms in total. The number of rotatable bonds is 3. The summed E-state index contributed by atoms with van der Waals surface area (Å²) in [4.78, 5) is 33.5. The summed E-state index contributed by atoms with van der Waals surface area (Å²) in [6, 6.07) is 14.6.